The summed E-state index contributed by atoms with van der Waals surface area (Å²) in [5.74, 6) is -1.98. The Morgan fingerprint density at radius 3 is 2.42 bits per heavy atom. The van der Waals surface area contributed by atoms with Crippen molar-refractivity contribution in [1.29, 1.82) is 0 Å². The van der Waals surface area contributed by atoms with Crippen molar-refractivity contribution in [3.8, 4) is 0 Å². The third-order valence-corrected chi connectivity index (χ3v) is 4.93. The van der Waals surface area contributed by atoms with E-state index in [1.807, 2.05) is 0 Å². The Labute approximate surface area is 143 Å². The molecule has 0 saturated carbocycles. The first kappa shape index (κ1) is 18.4. The van der Waals surface area contributed by atoms with E-state index in [0.29, 0.717) is 0 Å². The molecule has 0 saturated heterocycles. The lowest BCUT2D eigenvalue weighted by Crippen LogP contribution is -2.26. The van der Waals surface area contributed by atoms with Crippen LogP contribution in [0.4, 0.5) is 8.78 Å². The molecule has 0 heterocycles. The Hall–Kier alpha value is -1.99. The van der Waals surface area contributed by atoms with E-state index in [1.165, 1.54) is 36.2 Å². The minimum absolute atomic E-state index is 0.0151. The van der Waals surface area contributed by atoms with Crippen LogP contribution in [0.1, 0.15) is 15.9 Å². The molecular formula is C16H14ClF2NO3S. The van der Waals surface area contributed by atoms with Gasteiger partial charge in [0, 0.05) is 37.0 Å². The molecule has 0 spiro atoms. The fourth-order valence-corrected chi connectivity index (χ4v) is 3.42. The topological polar surface area (TPSA) is 54.5 Å². The zero-order valence-electron chi connectivity index (χ0n) is 12.9. The quantitative estimate of drug-likeness (QED) is 0.826. The number of hydrogen-bond donors (Lipinski definition) is 0. The second-order valence-corrected chi connectivity index (χ2v) is 7.71. The Morgan fingerprint density at radius 1 is 1.17 bits per heavy atom. The molecule has 4 nitrogen and oxygen atoms in total. The molecule has 24 heavy (non-hydrogen) atoms. The zero-order chi connectivity index (χ0) is 18.1. The number of amides is 1. The van der Waals surface area contributed by atoms with E-state index < -0.39 is 27.4 Å². The maximum absolute atomic E-state index is 13.7. The number of rotatable bonds is 4. The van der Waals surface area contributed by atoms with Crippen molar-refractivity contribution in [2.45, 2.75) is 11.4 Å². The van der Waals surface area contributed by atoms with Crippen molar-refractivity contribution in [2.75, 3.05) is 13.3 Å². The summed E-state index contributed by atoms with van der Waals surface area (Å²) in [5, 5.41) is 0.0151. The predicted molar refractivity (Wildman–Crippen MR) is 86.7 cm³/mol. The minimum Gasteiger partial charge on any atom is -0.337 e. The van der Waals surface area contributed by atoms with Crippen LogP contribution in [0.25, 0.3) is 0 Å². The highest BCUT2D eigenvalue weighted by Crippen LogP contribution is 2.23. The van der Waals surface area contributed by atoms with Gasteiger partial charge in [0.25, 0.3) is 5.91 Å². The van der Waals surface area contributed by atoms with Gasteiger partial charge in [0.05, 0.1) is 9.92 Å². The van der Waals surface area contributed by atoms with E-state index in [9.17, 15) is 22.0 Å². The molecule has 0 aliphatic rings. The molecule has 0 radical (unpaired) electrons. The highest BCUT2D eigenvalue weighted by Gasteiger charge is 2.19. The van der Waals surface area contributed by atoms with Gasteiger partial charge in [-0.2, -0.15) is 0 Å². The van der Waals surface area contributed by atoms with E-state index in [4.69, 9.17) is 11.6 Å². The van der Waals surface area contributed by atoms with E-state index in [0.717, 1.165) is 18.4 Å². The molecule has 2 rings (SSSR count). The van der Waals surface area contributed by atoms with Crippen molar-refractivity contribution >= 4 is 27.3 Å². The molecule has 0 atom stereocenters. The van der Waals surface area contributed by atoms with E-state index in [1.54, 1.807) is 0 Å². The van der Waals surface area contributed by atoms with Crippen molar-refractivity contribution < 1.29 is 22.0 Å². The molecule has 2 aromatic rings. The Bertz CT molecular complexity index is 900. The van der Waals surface area contributed by atoms with Crippen LogP contribution in [0.15, 0.2) is 41.3 Å². The Morgan fingerprint density at radius 2 is 1.83 bits per heavy atom. The Balaban J connectivity index is 2.28. The smallest absolute Gasteiger partial charge is 0.253 e. The SMILES string of the molecule is CN(Cc1ccc(F)cc1F)C(=O)c1ccc(Cl)c(S(C)(=O)=O)c1. The third kappa shape index (κ3) is 4.10. The van der Waals surface area contributed by atoms with Crippen LogP contribution in [0.3, 0.4) is 0 Å². The van der Waals surface area contributed by atoms with Gasteiger partial charge in [-0.25, -0.2) is 17.2 Å². The number of sulfone groups is 1. The van der Waals surface area contributed by atoms with Gasteiger partial charge in [0.1, 0.15) is 11.6 Å². The third-order valence-electron chi connectivity index (χ3n) is 3.35. The standard InChI is InChI=1S/C16H14ClF2NO3S/c1-20(9-11-3-5-12(18)8-14(11)19)16(21)10-4-6-13(17)15(7-10)24(2,22)23/h3-8H,9H2,1-2H3. The fraction of sp³-hybridized carbons (Fsp3) is 0.188. The summed E-state index contributed by atoms with van der Waals surface area (Å²) in [4.78, 5) is 13.5. The van der Waals surface area contributed by atoms with Gasteiger partial charge in [-0.05, 0) is 24.3 Å². The summed E-state index contributed by atoms with van der Waals surface area (Å²) >= 11 is 5.84. The number of benzene rings is 2. The minimum atomic E-state index is -3.59. The van der Waals surface area contributed by atoms with Crippen LogP contribution in [0.2, 0.25) is 5.02 Å². The molecule has 1 amide bonds. The van der Waals surface area contributed by atoms with E-state index in [2.05, 4.69) is 0 Å². The van der Waals surface area contributed by atoms with Crippen LogP contribution in [-0.2, 0) is 16.4 Å². The number of carbonyl (C=O) groups excluding carboxylic acids is 1. The average molecular weight is 374 g/mol. The monoisotopic (exact) mass is 373 g/mol. The summed E-state index contributed by atoms with van der Waals surface area (Å²) in [6.07, 6.45) is 0.986. The van der Waals surface area contributed by atoms with E-state index in [-0.39, 0.29) is 27.6 Å². The van der Waals surface area contributed by atoms with Crippen molar-refractivity contribution in [2.24, 2.45) is 0 Å². The maximum atomic E-state index is 13.7. The molecule has 0 aromatic heterocycles. The second-order valence-electron chi connectivity index (χ2n) is 5.31. The average Bonchev–Trinajstić information content (AvgIpc) is 2.48. The first-order chi connectivity index (χ1) is 11.1. The van der Waals surface area contributed by atoms with Gasteiger partial charge in [-0.1, -0.05) is 17.7 Å². The number of carbonyl (C=O) groups is 1. The van der Waals surface area contributed by atoms with Crippen LogP contribution in [0, 0.1) is 11.6 Å². The normalized spacial score (nSPS) is 11.4. The first-order valence-corrected chi connectivity index (χ1v) is 9.05. The molecular weight excluding hydrogens is 360 g/mol. The molecule has 0 aliphatic heterocycles. The fourth-order valence-electron chi connectivity index (χ4n) is 2.12. The first-order valence-electron chi connectivity index (χ1n) is 6.78. The zero-order valence-corrected chi connectivity index (χ0v) is 14.5. The molecule has 0 bridgehead atoms. The van der Waals surface area contributed by atoms with Gasteiger partial charge in [-0.15, -0.1) is 0 Å². The maximum Gasteiger partial charge on any atom is 0.253 e. The highest BCUT2D eigenvalue weighted by atomic mass is 35.5. The lowest BCUT2D eigenvalue weighted by molar-refractivity contribution is 0.0783. The van der Waals surface area contributed by atoms with E-state index >= 15 is 0 Å². The summed E-state index contributed by atoms with van der Waals surface area (Å²) in [7, 11) is -2.16. The lowest BCUT2D eigenvalue weighted by atomic mass is 10.1. The van der Waals surface area contributed by atoms with Crippen molar-refractivity contribution in [3.05, 3.63) is 64.2 Å². The molecule has 8 heteroatoms. The molecule has 2 aromatic carbocycles. The summed E-state index contributed by atoms with van der Waals surface area (Å²) in [5.41, 5.74) is 0.245. The summed E-state index contributed by atoms with van der Waals surface area (Å²) in [6.45, 7) is -0.0955. The van der Waals surface area contributed by atoms with Gasteiger partial charge < -0.3 is 4.90 Å². The van der Waals surface area contributed by atoms with Gasteiger partial charge >= 0.3 is 0 Å². The molecule has 0 fully saturated rings. The van der Waals surface area contributed by atoms with Gasteiger partial charge in [-0.3, -0.25) is 4.79 Å². The Kier molecular flexibility index (Phi) is 5.25. The largest absolute Gasteiger partial charge is 0.337 e. The molecule has 0 aliphatic carbocycles. The van der Waals surface area contributed by atoms with Crippen LogP contribution in [0.5, 0.6) is 0 Å². The molecule has 128 valence electrons. The molecule has 0 unspecified atom stereocenters. The number of hydrogen-bond acceptors (Lipinski definition) is 3. The number of nitrogens with zero attached hydrogens (tertiary/aromatic N) is 1. The highest BCUT2D eigenvalue weighted by molar-refractivity contribution is 7.90. The lowest BCUT2D eigenvalue weighted by Gasteiger charge is -2.18. The van der Waals surface area contributed by atoms with Crippen LogP contribution >= 0.6 is 11.6 Å². The number of halogens is 3. The van der Waals surface area contributed by atoms with Crippen LogP contribution in [-0.4, -0.2) is 32.5 Å². The van der Waals surface area contributed by atoms with Crippen molar-refractivity contribution in [1.82, 2.24) is 4.90 Å². The van der Waals surface area contributed by atoms with Crippen molar-refractivity contribution in [3.63, 3.8) is 0 Å². The summed E-state index contributed by atoms with van der Waals surface area (Å²) in [6, 6.07) is 6.96. The molecule has 0 N–H and O–H groups in total. The second kappa shape index (κ2) is 6.86. The predicted octanol–water partition coefficient (Wildman–Crippen LogP) is 3.29. The summed E-state index contributed by atoms with van der Waals surface area (Å²) < 4.78 is 49.9. The van der Waals surface area contributed by atoms with Crippen LogP contribution < -0.4 is 0 Å². The van der Waals surface area contributed by atoms with Gasteiger partial charge in [0.2, 0.25) is 0 Å². The van der Waals surface area contributed by atoms with Gasteiger partial charge in [0.15, 0.2) is 9.84 Å².